The minimum atomic E-state index is -1.08. The quantitative estimate of drug-likeness (QED) is 0.457. The Hall–Kier alpha value is -3.19. The molecule has 0 saturated carbocycles. The molecule has 3 fully saturated rings. The molecule has 0 unspecified atom stereocenters. The first kappa shape index (κ1) is 24.8. The lowest BCUT2D eigenvalue weighted by Crippen LogP contribution is -2.65. The third kappa shape index (κ3) is 3.35. The van der Waals surface area contributed by atoms with Crippen LogP contribution in [-0.4, -0.2) is 59.3 Å². The van der Waals surface area contributed by atoms with E-state index in [1.54, 1.807) is 0 Å². The molecule has 5 nitrogen and oxygen atoms in total. The summed E-state index contributed by atoms with van der Waals surface area (Å²) in [5.74, 6) is 1.54. The van der Waals surface area contributed by atoms with Crippen LogP contribution in [0.1, 0.15) is 33.7 Å². The predicted octanol–water partition coefficient (Wildman–Crippen LogP) is 5.21. The van der Waals surface area contributed by atoms with Gasteiger partial charge in [-0.1, -0.05) is 77.9 Å². The zero-order chi connectivity index (χ0) is 26.9. The van der Waals surface area contributed by atoms with Gasteiger partial charge < -0.3 is 10.2 Å². The number of hydrogen-bond acceptors (Lipinski definition) is 5. The van der Waals surface area contributed by atoms with Crippen LogP contribution in [0.4, 0.5) is 5.69 Å². The van der Waals surface area contributed by atoms with E-state index in [9.17, 15) is 4.79 Å². The van der Waals surface area contributed by atoms with Crippen molar-refractivity contribution in [2.24, 2.45) is 5.41 Å². The van der Waals surface area contributed by atoms with Gasteiger partial charge in [-0.15, -0.1) is 11.8 Å². The highest BCUT2D eigenvalue weighted by molar-refractivity contribution is 7.99. The lowest BCUT2D eigenvalue weighted by Gasteiger charge is -2.51. The van der Waals surface area contributed by atoms with E-state index in [4.69, 9.17) is 0 Å². The zero-order valence-corrected chi connectivity index (χ0v) is 23.4. The van der Waals surface area contributed by atoms with E-state index in [1.807, 2.05) is 30.0 Å². The van der Waals surface area contributed by atoms with E-state index in [0.29, 0.717) is 13.1 Å². The Morgan fingerprint density at radius 1 is 0.949 bits per heavy atom. The number of likely N-dealkylation sites (N-methyl/N-ethyl adjacent to an activating group) is 1. The largest absolute Gasteiger partial charge is 0.324 e. The summed E-state index contributed by atoms with van der Waals surface area (Å²) in [4.78, 5) is 34.4. The van der Waals surface area contributed by atoms with Gasteiger partial charge in [-0.25, -0.2) is 0 Å². The van der Waals surface area contributed by atoms with Gasteiger partial charge in [0.2, 0.25) is 0 Å². The van der Waals surface area contributed by atoms with Crippen molar-refractivity contribution >= 4 is 35.2 Å². The van der Waals surface area contributed by atoms with Crippen LogP contribution in [0.2, 0.25) is 0 Å². The first-order valence-electron chi connectivity index (χ1n) is 13.7. The molecule has 1 amide bonds. The van der Waals surface area contributed by atoms with Crippen molar-refractivity contribution in [3.05, 3.63) is 106 Å². The number of carbonyl (C=O) groups is 2. The van der Waals surface area contributed by atoms with Gasteiger partial charge in [0.1, 0.15) is 5.54 Å². The first-order valence-corrected chi connectivity index (χ1v) is 14.8. The van der Waals surface area contributed by atoms with Gasteiger partial charge in [0.05, 0.1) is 5.41 Å². The molecule has 2 spiro atoms. The molecule has 3 aromatic carbocycles. The molecule has 3 saturated heterocycles. The van der Waals surface area contributed by atoms with Crippen molar-refractivity contribution in [2.75, 3.05) is 37.1 Å². The number of likely N-dealkylation sites (tertiary alicyclic amines) is 1. The maximum atomic E-state index is 15.3. The lowest BCUT2D eigenvalue weighted by molar-refractivity contribution is -0.146. The number of nitrogens with one attached hydrogen (secondary N) is 1. The normalized spacial score (nSPS) is 31.3. The maximum Gasteiger partial charge on any atom is 0.250 e. The summed E-state index contributed by atoms with van der Waals surface area (Å²) in [6.45, 7) is 5.25. The maximum absolute atomic E-state index is 15.3. The molecular formula is C33H33N3O2S. The van der Waals surface area contributed by atoms with Crippen molar-refractivity contribution in [3.63, 3.8) is 0 Å². The Morgan fingerprint density at radius 2 is 1.64 bits per heavy atom. The number of piperidine rings is 1. The molecule has 198 valence electrons. The van der Waals surface area contributed by atoms with Gasteiger partial charge in [0.15, 0.2) is 5.78 Å². The number of fused-ring (bicyclic) bond motifs is 5. The number of para-hydroxylation sites is 1. The summed E-state index contributed by atoms with van der Waals surface area (Å²) in [6, 6.07) is 25.1. The smallest absolute Gasteiger partial charge is 0.250 e. The summed E-state index contributed by atoms with van der Waals surface area (Å²) in [5, 5.41) is 3.22. The summed E-state index contributed by atoms with van der Waals surface area (Å²) in [6.07, 6.45) is 2.05. The number of carbonyl (C=O) groups excluding carboxylic acids is 2. The molecule has 4 atom stereocenters. The van der Waals surface area contributed by atoms with E-state index in [0.717, 1.165) is 39.6 Å². The minimum Gasteiger partial charge on any atom is -0.324 e. The molecule has 39 heavy (non-hydrogen) atoms. The van der Waals surface area contributed by atoms with Crippen LogP contribution in [-0.2, 0) is 15.1 Å². The topological polar surface area (TPSA) is 52.7 Å². The zero-order valence-electron chi connectivity index (χ0n) is 22.6. The second kappa shape index (κ2) is 8.91. The molecule has 0 bridgehead atoms. The molecular weight excluding hydrogens is 502 g/mol. The van der Waals surface area contributed by atoms with Gasteiger partial charge >= 0.3 is 0 Å². The molecule has 1 N–H and O–H groups in total. The second-order valence-corrected chi connectivity index (χ2v) is 12.7. The van der Waals surface area contributed by atoms with Crippen molar-refractivity contribution in [2.45, 2.75) is 31.3 Å². The van der Waals surface area contributed by atoms with Crippen molar-refractivity contribution in [1.29, 1.82) is 0 Å². The number of thioether (sulfide) groups is 1. The molecule has 3 aromatic rings. The highest BCUT2D eigenvalue weighted by atomic mass is 32.2. The predicted molar refractivity (Wildman–Crippen MR) is 158 cm³/mol. The molecule has 7 rings (SSSR count). The van der Waals surface area contributed by atoms with E-state index in [2.05, 4.69) is 96.7 Å². The highest BCUT2D eigenvalue weighted by Gasteiger charge is 2.78. The fraction of sp³-hybridized carbons (Fsp3) is 0.333. The van der Waals surface area contributed by atoms with E-state index >= 15 is 4.79 Å². The van der Waals surface area contributed by atoms with E-state index in [-0.39, 0.29) is 23.7 Å². The number of Topliss-reactive ketones (excluding diaryl/α,β-unsaturated/α-hetero) is 1. The summed E-state index contributed by atoms with van der Waals surface area (Å²) in [5.41, 5.74) is 5.02. The lowest BCUT2D eigenvalue weighted by atomic mass is 9.55. The van der Waals surface area contributed by atoms with Crippen LogP contribution >= 0.6 is 11.8 Å². The Balaban J connectivity index is 1.52. The number of benzene rings is 3. The fourth-order valence-corrected chi connectivity index (χ4v) is 9.14. The van der Waals surface area contributed by atoms with Crippen molar-refractivity contribution < 1.29 is 9.59 Å². The first-order chi connectivity index (χ1) is 18.9. The van der Waals surface area contributed by atoms with Crippen LogP contribution in [0.15, 0.2) is 78.4 Å². The average Bonchev–Trinajstić information content (AvgIpc) is 3.57. The Labute approximate surface area is 234 Å². The Morgan fingerprint density at radius 3 is 2.38 bits per heavy atom. The van der Waals surface area contributed by atoms with E-state index < -0.39 is 11.0 Å². The van der Waals surface area contributed by atoms with Crippen LogP contribution in [0.3, 0.4) is 0 Å². The molecule has 6 heteroatoms. The van der Waals surface area contributed by atoms with Gasteiger partial charge in [0, 0.05) is 53.5 Å². The standard InChI is InChI=1S/C33H33N3O2S/c1-21-8-12-23(13-9-21)16-25-17-35(3)19-32(30(25)37)29(24-14-10-22(2)11-15-24)28-18-39-20-36(28)33(32)26-6-4-5-7-27(26)34-31(33)38/h4-16,28-29H,17-20H2,1-3H3,(H,34,38)/b25-16+/t28-,29-,32-,33-/m0/s1. The molecule has 4 aliphatic rings. The summed E-state index contributed by atoms with van der Waals surface area (Å²) < 4.78 is 0. The Bertz CT molecular complexity index is 1510. The van der Waals surface area contributed by atoms with Crippen LogP contribution in [0, 0.1) is 19.3 Å². The number of anilines is 1. The second-order valence-electron chi connectivity index (χ2n) is 11.7. The number of amides is 1. The summed E-state index contributed by atoms with van der Waals surface area (Å²) in [7, 11) is 2.09. The third-order valence-corrected chi connectivity index (χ3v) is 10.4. The number of nitrogens with zero attached hydrogens (tertiary/aromatic N) is 2. The monoisotopic (exact) mass is 535 g/mol. The van der Waals surface area contributed by atoms with Crippen LogP contribution in [0.5, 0.6) is 0 Å². The molecule has 0 aliphatic carbocycles. The number of ketones is 1. The van der Waals surface area contributed by atoms with Gasteiger partial charge in [-0.3, -0.25) is 14.5 Å². The van der Waals surface area contributed by atoms with Gasteiger partial charge in [0.25, 0.3) is 5.91 Å². The number of hydrogen-bond donors (Lipinski definition) is 1. The van der Waals surface area contributed by atoms with Gasteiger partial charge in [-0.05, 0) is 44.2 Å². The minimum absolute atomic E-state index is 0.0656. The fourth-order valence-electron chi connectivity index (χ4n) is 7.84. The molecule has 4 aliphatic heterocycles. The number of rotatable bonds is 2. The molecule has 0 aromatic heterocycles. The van der Waals surface area contributed by atoms with Crippen molar-refractivity contribution in [1.82, 2.24) is 9.80 Å². The Kier molecular flexibility index (Phi) is 5.67. The van der Waals surface area contributed by atoms with Crippen LogP contribution < -0.4 is 5.32 Å². The molecule has 0 radical (unpaired) electrons. The SMILES string of the molecule is Cc1ccc(/C=C2\CN(C)C[C@@]3(C2=O)[C@@H](c2ccc(C)cc2)[C@@H]2CSCN2[C@@]32C(=O)Nc3ccccc32)cc1. The number of aryl methyl sites for hydroxylation is 2. The van der Waals surface area contributed by atoms with Crippen molar-refractivity contribution in [3.8, 4) is 0 Å². The highest BCUT2D eigenvalue weighted by Crippen LogP contribution is 2.68. The molecule has 4 heterocycles. The average molecular weight is 536 g/mol. The van der Waals surface area contributed by atoms with E-state index in [1.165, 1.54) is 11.1 Å². The van der Waals surface area contributed by atoms with Gasteiger partial charge in [-0.2, -0.15) is 0 Å². The summed E-state index contributed by atoms with van der Waals surface area (Å²) >= 11 is 1.87. The van der Waals surface area contributed by atoms with Crippen LogP contribution in [0.25, 0.3) is 6.08 Å². The third-order valence-electron chi connectivity index (χ3n) is 9.32.